The van der Waals surface area contributed by atoms with E-state index >= 15 is 0 Å². The quantitative estimate of drug-likeness (QED) is 0.146. The second-order valence-corrected chi connectivity index (χ2v) is 10.5. The molecule has 2 aromatic heterocycles. The Labute approximate surface area is 244 Å². The van der Waals surface area contributed by atoms with Crippen LogP contribution in [-0.2, 0) is 0 Å². The summed E-state index contributed by atoms with van der Waals surface area (Å²) < 4.78 is 2.76. The lowest BCUT2D eigenvalue weighted by Crippen LogP contribution is -1.95. The number of hydrogen-bond donors (Lipinski definition) is 1. The molecule has 0 amide bonds. The molecule has 0 atom stereocenters. The lowest BCUT2D eigenvalue weighted by atomic mass is 10.1. The molecule has 0 saturated carbocycles. The molecule has 6 aromatic rings. The SMILES string of the molecule is O=C(/C=C/c1cn(-c2ccccc2)nc1-c1cccc(Nc2ccnc3cc(Cl)ccc23)c1)c1ccc(Br)cc1. The number of carbonyl (C=O) groups excluding carboxylic acids is 1. The zero-order valence-electron chi connectivity index (χ0n) is 21.1. The highest BCUT2D eigenvalue weighted by Gasteiger charge is 2.13. The second kappa shape index (κ2) is 11.3. The van der Waals surface area contributed by atoms with Gasteiger partial charge in [0.05, 0.1) is 11.2 Å². The fraction of sp³-hybridized carbons (Fsp3) is 0. The van der Waals surface area contributed by atoms with Gasteiger partial charge in [-0.2, -0.15) is 5.10 Å². The number of nitrogens with one attached hydrogen (secondary N) is 1. The van der Waals surface area contributed by atoms with Crippen molar-refractivity contribution in [3.8, 4) is 16.9 Å². The zero-order chi connectivity index (χ0) is 27.5. The third-order valence-corrected chi connectivity index (χ3v) is 7.19. The van der Waals surface area contributed by atoms with Crippen LogP contribution >= 0.6 is 27.5 Å². The molecule has 6 rings (SSSR count). The molecule has 40 heavy (non-hydrogen) atoms. The number of hydrogen-bond acceptors (Lipinski definition) is 4. The van der Waals surface area contributed by atoms with Crippen molar-refractivity contribution in [1.29, 1.82) is 0 Å². The summed E-state index contributed by atoms with van der Waals surface area (Å²) in [5.41, 5.74) is 6.69. The van der Waals surface area contributed by atoms with Crippen molar-refractivity contribution < 1.29 is 4.79 Å². The van der Waals surface area contributed by atoms with Gasteiger partial charge in [-0.25, -0.2) is 4.68 Å². The standard InChI is InChI=1S/C33H22BrClN4O/c34-25-12-9-22(10-13-25)32(40)16-11-24-21-39(28-7-2-1-3-8-28)38-33(24)23-5-4-6-27(19-23)37-30-17-18-36-31-20-26(35)14-15-29(30)31/h1-21H,(H,36,37)/b16-11+. The number of aromatic nitrogens is 3. The lowest BCUT2D eigenvalue weighted by molar-refractivity contribution is 0.104. The van der Waals surface area contributed by atoms with Crippen molar-refractivity contribution in [3.05, 3.63) is 142 Å². The van der Waals surface area contributed by atoms with Crippen molar-refractivity contribution >= 4 is 61.7 Å². The van der Waals surface area contributed by atoms with E-state index in [-0.39, 0.29) is 5.78 Å². The highest BCUT2D eigenvalue weighted by molar-refractivity contribution is 9.10. The Balaban J connectivity index is 1.37. The third kappa shape index (κ3) is 5.59. The maximum absolute atomic E-state index is 12.9. The van der Waals surface area contributed by atoms with Gasteiger partial charge >= 0.3 is 0 Å². The molecule has 0 aliphatic heterocycles. The van der Waals surface area contributed by atoms with E-state index in [1.165, 1.54) is 0 Å². The number of rotatable bonds is 7. The fourth-order valence-electron chi connectivity index (χ4n) is 4.45. The molecule has 1 N–H and O–H groups in total. The second-order valence-electron chi connectivity index (χ2n) is 9.14. The van der Waals surface area contributed by atoms with E-state index < -0.39 is 0 Å². The summed E-state index contributed by atoms with van der Waals surface area (Å²) in [5.74, 6) is -0.0778. The molecule has 0 fully saturated rings. The number of halogens is 2. The molecule has 2 heterocycles. The van der Waals surface area contributed by atoms with Crippen LogP contribution in [0.25, 0.3) is 33.9 Å². The number of fused-ring (bicyclic) bond motifs is 1. The van der Waals surface area contributed by atoms with Crippen molar-refractivity contribution in [1.82, 2.24) is 14.8 Å². The first kappa shape index (κ1) is 25.7. The van der Waals surface area contributed by atoms with Crippen LogP contribution in [-0.4, -0.2) is 20.5 Å². The first-order valence-electron chi connectivity index (χ1n) is 12.6. The number of anilines is 2. The fourth-order valence-corrected chi connectivity index (χ4v) is 4.88. The highest BCUT2D eigenvalue weighted by Crippen LogP contribution is 2.31. The molecule has 0 aliphatic rings. The predicted octanol–water partition coefficient (Wildman–Crippen LogP) is 9.14. The molecule has 4 aromatic carbocycles. The smallest absolute Gasteiger partial charge is 0.185 e. The van der Waals surface area contributed by atoms with E-state index in [0.29, 0.717) is 10.6 Å². The van der Waals surface area contributed by atoms with E-state index in [2.05, 4.69) is 26.2 Å². The summed E-state index contributed by atoms with van der Waals surface area (Å²) in [7, 11) is 0. The monoisotopic (exact) mass is 604 g/mol. The number of pyridine rings is 1. The molecule has 0 bridgehead atoms. The largest absolute Gasteiger partial charge is 0.355 e. The van der Waals surface area contributed by atoms with Crippen molar-refractivity contribution in [3.63, 3.8) is 0 Å². The van der Waals surface area contributed by atoms with Crippen LogP contribution in [0, 0.1) is 0 Å². The van der Waals surface area contributed by atoms with E-state index in [1.807, 2.05) is 108 Å². The van der Waals surface area contributed by atoms with Gasteiger partial charge in [0, 0.05) is 55.3 Å². The molecule has 0 saturated heterocycles. The minimum Gasteiger partial charge on any atom is -0.355 e. The summed E-state index contributed by atoms with van der Waals surface area (Å²) in [4.78, 5) is 17.3. The van der Waals surface area contributed by atoms with Crippen LogP contribution in [0.2, 0.25) is 5.02 Å². The normalized spacial score (nSPS) is 11.2. The van der Waals surface area contributed by atoms with Gasteiger partial charge in [-0.15, -0.1) is 0 Å². The zero-order valence-corrected chi connectivity index (χ0v) is 23.5. The Morgan fingerprint density at radius 3 is 2.55 bits per heavy atom. The summed E-state index contributed by atoms with van der Waals surface area (Å²) in [6, 6.07) is 32.9. The average Bonchev–Trinajstić information content (AvgIpc) is 3.41. The van der Waals surface area contributed by atoms with E-state index in [1.54, 1.807) is 24.4 Å². The molecule has 7 heteroatoms. The molecule has 0 radical (unpaired) electrons. The minimum atomic E-state index is -0.0778. The molecule has 0 spiro atoms. The number of ketones is 1. The average molecular weight is 606 g/mol. The summed E-state index contributed by atoms with van der Waals surface area (Å²) in [6.45, 7) is 0. The van der Waals surface area contributed by atoms with Crippen LogP contribution in [0.5, 0.6) is 0 Å². The Bertz CT molecular complexity index is 1860. The Hall–Kier alpha value is -4.52. The maximum Gasteiger partial charge on any atom is 0.185 e. The first-order valence-corrected chi connectivity index (χ1v) is 13.8. The Morgan fingerprint density at radius 1 is 0.900 bits per heavy atom. The maximum atomic E-state index is 12.9. The molecule has 0 unspecified atom stereocenters. The van der Waals surface area contributed by atoms with Gasteiger partial charge in [0.1, 0.15) is 5.69 Å². The van der Waals surface area contributed by atoms with Crippen molar-refractivity contribution in [2.75, 3.05) is 5.32 Å². The van der Waals surface area contributed by atoms with Gasteiger partial charge in [-0.1, -0.05) is 57.9 Å². The predicted molar refractivity (Wildman–Crippen MR) is 167 cm³/mol. The van der Waals surface area contributed by atoms with Gasteiger partial charge in [-0.05, 0) is 84.9 Å². The number of para-hydroxylation sites is 1. The van der Waals surface area contributed by atoms with Gasteiger partial charge < -0.3 is 5.32 Å². The number of nitrogens with zero attached hydrogens (tertiary/aromatic N) is 3. The molecule has 5 nitrogen and oxygen atoms in total. The number of allylic oxidation sites excluding steroid dienone is 1. The van der Waals surface area contributed by atoms with Crippen LogP contribution in [0.4, 0.5) is 11.4 Å². The molecule has 194 valence electrons. The van der Waals surface area contributed by atoms with E-state index in [9.17, 15) is 4.79 Å². The van der Waals surface area contributed by atoms with Crippen LogP contribution in [0.3, 0.4) is 0 Å². The van der Waals surface area contributed by atoms with Gasteiger partial charge in [-0.3, -0.25) is 9.78 Å². The van der Waals surface area contributed by atoms with E-state index in [0.717, 1.165) is 49.3 Å². The summed E-state index contributed by atoms with van der Waals surface area (Å²) >= 11 is 9.59. The summed E-state index contributed by atoms with van der Waals surface area (Å²) in [6.07, 6.45) is 7.12. The minimum absolute atomic E-state index is 0.0778. The van der Waals surface area contributed by atoms with Crippen LogP contribution in [0.15, 0.2) is 126 Å². The third-order valence-electron chi connectivity index (χ3n) is 6.43. The number of benzene rings is 4. The van der Waals surface area contributed by atoms with Crippen LogP contribution < -0.4 is 5.32 Å². The summed E-state index contributed by atoms with van der Waals surface area (Å²) in [5, 5.41) is 10.1. The lowest BCUT2D eigenvalue weighted by Gasteiger charge is -2.11. The molecule has 0 aliphatic carbocycles. The molecular weight excluding hydrogens is 584 g/mol. The Morgan fingerprint density at radius 2 is 1.73 bits per heavy atom. The van der Waals surface area contributed by atoms with Gasteiger partial charge in [0.15, 0.2) is 5.78 Å². The number of carbonyl (C=O) groups is 1. The first-order chi connectivity index (χ1) is 19.5. The van der Waals surface area contributed by atoms with Crippen molar-refractivity contribution in [2.45, 2.75) is 0 Å². The highest BCUT2D eigenvalue weighted by atomic mass is 79.9. The van der Waals surface area contributed by atoms with Gasteiger partial charge in [0.25, 0.3) is 0 Å². The van der Waals surface area contributed by atoms with E-state index in [4.69, 9.17) is 16.7 Å². The topological polar surface area (TPSA) is 59.8 Å². The van der Waals surface area contributed by atoms with Gasteiger partial charge in [0.2, 0.25) is 0 Å². The van der Waals surface area contributed by atoms with Crippen molar-refractivity contribution in [2.24, 2.45) is 0 Å². The van der Waals surface area contributed by atoms with Crippen LogP contribution in [0.1, 0.15) is 15.9 Å². The Kier molecular flexibility index (Phi) is 7.27. The molecular formula is C33H22BrClN4O.